The molecule has 4 rings (SSSR count). The number of hydrogen-bond acceptors (Lipinski definition) is 4. The third-order valence-corrected chi connectivity index (χ3v) is 5.36. The summed E-state index contributed by atoms with van der Waals surface area (Å²) in [6.45, 7) is 1.05. The van der Waals surface area contributed by atoms with Crippen LogP contribution in [0, 0.1) is 0 Å². The average Bonchev–Trinajstić information content (AvgIpc) is 2.92. The molecular formula is C17H12ClNO3S. The molecule has 6 heteroatoms. The molecule has 0 unspecified atom stereocenters. The average molecular weight is 346 g/mol. The first-order valence-electron chi connectivity index (χ1n) is 7.21. The number of carbonyl (C=O) groups excluding carboxylic acids is 1. The zero-order chi connectivity index (χ0) is 16.0. The van der Waals surface area contributed by atoms with Crippen molar-refractivity contribution in [2.24, 2.45) is 0 Å². The summed E-state index contributed by atoms with van der Waals surface area (Å²) < 4.78 is 5.99. The first-order chi connectivity index (χ1) is 11.1. The molecular weight excluding hydrogens is 334 g/mol. The fourth-order valence-corrected chi connectivity index (χ4v) is 4.15. The maximum absolute atomic E-state index is 12.7. The van der Waals surface area contributed by atoms with Gasteiger partial charge in [-0.3, -0.25) is 4.79 Å². The van der Waals surface area contributed by atoms with Crippen LogP contribution in [0.2, 0.25) is 4.34 Å². The lowest BCUT2D eigenvalue weighted by atomic mass is 10.1. The summed E-state index contributed by atoms with van der Waals surface area (Å²) in [7, 11) is 0. The number of hydrogen-bond donors (Lipinski definition) is 0. The summed E-state index contributed by atoms with van der Waals surface area (Å²) in [6.07, 6.45) is 0.761. The van der Waals surface area contributed by atoms with Crippen molar-refractivity contribution in [3.05, 3.63) is 67.2 Å². The molecule has 116 valence electrons. The number of para-hydroxylation sites is 1. The van der Waals surface area contributed by atoms with Gasteiger partial charge in [0.25, 0.3) is 5.91 Å². The number of benzene rings is 1. The van der Waals surface area contributed by atoms with Gasteiger partial charge in [-0.2, -0.15) is 0 Å². The minimum atomic E-state index is -0.595. The van der Waals surface area contributed by atoms with Gasteiger partial charge in [-0.1, -0.05) is 29.8 Å². The van der Waals surface area contributed by atoms with Crippen LogP contribution >= 0.6 is 22.9 Å². The van der Waals surface area contributed by atoms with Crippen LogP contribution in [-0.4, -0.2) is 17.4 Å². The van der Waals surface area contributed by atoms with E-state index < -0.39 is 5.63 Å². The van der Waals surface area contributed by atoms with E-state index in [9.17, 15) is 9.59 Å². The van der Waals surface area contributed by atoms with E-state index in [0.717, 1.165) is 21.7 Å². The third kappa shape index (κ3) is 2.56. The molecule has 2 aromatic heterocycles. The zero-order valence-corrected chi connectivity index (χ0v) is 13.6. The van der Waals surface area contributed by atoms with Gasteiger partial charge in [0.1, 0.15) is 11.1 Å². The molecule has 1 aromatic carbocycles. The molecule has 0 spiro atoms. The lowest BCUT2D eigenvalue weighted by Gasteiger charge is -2.26. The van der Waals surface area contributed by atoms with Crippen LogP contribution < -0.4 is 5.63 Å². The van der Waals surface area contributed by atoms with E-state index in [1.807, 2.05) is 18.2 Å². The van der Waals surface area contributed by atoms with E-state index in [1.54, 1.807) is 34.4 Å². The van der Waals surface area contributed by atoms with Crippen molar-refractivity contribution in [2.45, 2.75) is 13.0 Å². The number of amides is 1. The fourth-order valence-electron chi connectivity index (χ4n) is 2.85. The van der Waals surface area contributed by atoms with Crippen molar-refractivity contribution in [2.75, 3.05) is 6.54 Å². The Bertz CT molecular complexity index is 975. The number of fused-ring (bicyclic) bond motifs is 2. The number of carbonyl (C=O) groups is 1. The van der Waals surface area contributed by atoms with Crippen LogP contribution in [0.1, 0.15) is 20.8 Å². The number of thiophene rings is 1. The van der Waals surface area contributed by atoms with Gasteiger partial charge in [-0.05, 0) is 30.2 Å². The molecule has 4 nitrogen and oxygen atoms in total. The Labute approximate surface area is 140 Å². The SMILES string of the molecule is O=C(c1cc2ccccc2oc1=O)N1CCc2sc(Cl)cc2C1. The fraction of sp³-hybridized carbons (Fsp3) is 0.176. The summed E-state index contributed by atoms with van der Waals surface area (Å²) in [5.41, 5.74) is 1.03. The van der Waals surface area contributed by atoms with Gasteiger partial charge in [0.2, 0.25) is 0 Å². The molecule has 1 amide bonds. The molecule has 0 aliphatic carbocycles. The molecule has 0 N–H and O–H groups in total. The highest BCUT2D eigenvalue weighted by Crippen LogP contribution is 2.31. The Hall–Kier alpha value is -2.11. The van der Waals surface area contributed by atoms with Gasteiger partial charge < -0.3 is 9.32 Å². The molecule has 3 heterocycles. The summed E-state index contributed by atoms with van der Waals surface area (Å²) in [4.78, 5) is 27.7. The quantitative estimate of drug-likeness (QED) is 0.632. The Balaban J connectivity index is 1.70. The van der Waals surface area contributed by atoms with Gasteiger partial charge in [0, 0.05) is 23.4 Å². The van der Waals surface area contributed by atoms with Crippen molar-refractivity contribution < 1.29 is 9.21 Å². The molecule has 0 bridgehead atoms. The van der Waals surface area contributed by atoms with Crippen molar-refractivity contribution in [1.82, 2.24) is 4.90 Å². The lowest BCUT2D eigenvalue weighted by molar-refractivity contribution is 0.0731. The van der Waals surface area contributed by atoms with E-state index >= 15 is 0 Å². The molecule has 0 saturated carbocycles. The van der Waals surface area contributed by atoms with E-state index in [2.05, 4.69) is 0 Å². The number of halogens is 1. The molecule has 1 aliphatic heterocycles. The Morgan fingerprint density at radius 1 is 1.26 bits per heavy atom. The van der Waals surface area contributed by atoms with Crippen molar-refractivity contribution in [3.8, 4) is 0 Å². The largest absolute Gasteiger partial charge is 0.422 e. The highest BCUT2D eigenvalue weighted by molar-refractivity contribution is 7.16. The Morgan fingerprint density at radius 3 is 2.96 bits per heavy atom. The van der Waals surface area contributed by atoms with E-state index in [4.69, 9.17) is 16.0 Å². The lowest BCUT2D eigenvalue weighted by Crippen LogP contribution is -2.37. The minimum absolute atomic E-state index is 0.0773. The standard InChI is InChI=1S/C17H12ClNO3S/c18-15-8-11-9-19(6-5-14(11)23-15)16(20)12-7-10-3-1-2-4-13(10)22-17(12)21/h1-4,7-8H,5-6,9H2. The van der Waals surface area contributed by atoms with Gasteiger partial charge >= 0.3 is 5.63 Å². The van der Waals surface area contributed by atoms with Gasteiger partial charge in [-0.25, -0.2) is 4.79 Å². The van der Waals surface area contributed by atoms with Crippen LogP contribution in [0.25, 0.3) is 11.0 Å². The maximum atomic E-state index is 12.7. The summed E-state index contributed by atoms with van der Waals surface area (Å²) in [5.74, 6) is -0.294. The van der Waals surface area contributed by atoms with Crippen molar-refractivity contribution in [1.29, 1.82) is 0 Å². The Kier molecular flexibility index (Phi) is 3.47. The molecule has 0 atom stereocenters. The second-order valence-electron chi connectivity index (χ2n) is 5.46. The van der Waals surface area contributed by atoms with Gasteiger partial charge in [-0.15, -0.1) is 11.3 Å². The van der Waals surface area contributed by atoms with Crippen LogP contribution in [0.4, 0.5) is 0 Å². The zero-order valence-electron chi connectivity index (χ0n) is 12.0. The first-order valence-corrected chi connectivity index (χ1v) is 8.40. The van der Waals surface area contributed by atoms with Crippen LogP contribution in [0.5, 0.6) is 0 Å². The smallest absolute Gasteiger partial charge is 0.349 e. The van der Waals surface area contributed by atoms with Gasteiger partial charge in [0.15, 0.2) is 0 Å². The minimum Gasteiger partial charge on any atom is -0.422 e. The summed E-state index contributed by atoms with van der Waals surface area (Å²) in [6, 6.07) is 10.7. The molecule has 0 fully saturated rings. The molecule has 0 radical (unpaired) electrons. The predicted molar refractivity (Wildman–Crippen MR) is 90.3 cm³/mol. The molecule has 3 aromatic rings. The van der Waals surface area contributed by atoms with Crippen molar-refractivity contribution in [3.63, 3.8) is 0 Å². The maximum Gasteiger partial charge on any atom is 0.349 e. The van der Waals surface area contributed by atoms with E-state index in [-0.39, 0.29) is 11.5 Å². The topological polar surface area (TPSA) is 50.5 Å². The monoisotopic (exact) mass is 345 g/mol. The number of rotatable bonds is 1. The number of nitrogens with zero attached hydrogens (tertiary/aromatic N) is 1. The first kappa shape index (κ1) is 14.5. The highest BCUT2D eigenvalue weighted by Gasteiger charge is 2.26. The second-order valence-corrected chi connectivity index (χ2v) is 7.23. The van der Waals surface area contributed by atoms with Gasteiger partial charge in [0.05, 0.1) is 4.34 Å². The van der Waals surface area contributed by atoms with E-state index in [1.165, 1.54) is 4.88 Å². The van der Waals surface area contributed by atoms with Crippen LogP contribution in [0.3, 0.4) is 0 Å². The van der Waals surface area contributed by atoms with Crippen molar-refractivity contribution >= 4 is 39.8 Å². The third-order valence-electron chi connectivity index (χ3n) is 4.00. The summed E-state index contributed by atoms with van der Waals surface area (Å²) >= 11 is 7.59. The summed E-state index contributed by atoms with van der Waals surface area (Å²) in [5, 5.41) is 0.742. The van der Waals surface area contributed by atoms with Crippen LogP contribution in [0.15, 0.2) is 45.6 Å². The Morgan fingerprint density at radius 2 is 2.09 bits per heavy atom. The molecule has 1 aliphatic rings. The molecule has 0 saturated heterocycles. The van der Waals surface area contributed by atoms with Crippen LogP contribution in [-0.2, 0) is 13.0 Å². The second kappa shape index (κ2) is 5.51. The highest BCUT2D eigenvalue weighted by atomic mass is 35.5. The predicted octanol–water partition coefficient (Wildman–Crippen LogP) is 3.71. The normalized spacial score (nSPS) is 14.0. The van der Waals surface area contributed by atoms with E-state index in [0.29, 0.717) is 18.7 Å². The molecule has 23 heavy (non-hydrogen) atoms.